The second-order valence-electron chi connectivity index (χ2n) is 13.4. The summed E-state index contributed by atoms with van der Waals surface area (Å²) < 4.78 is 8.93. The van der Waals surface area contributed by atoms with Crippen LogP contribution in [0.15, 0.2) is 140 Å². The summed E-state index contributed by atoms with van der Waals surface area (Å²) in [6.07, 6.45) is 4.18. The molecule has 5 aromatic carbocycles. The quantitative estimate of drug-likeness (QED) is 0.199. The molecule has 0 fully saturated rings. The van der Waals surface area contributed by atoms with E-state index in [1.54, 1.807) is 0 Å². The van der Waals surface area contributed by atoms with Gasteiger partial charge in [-0.15, -0.1) is 0 Å². The van der Waals surface area contributed by atoms with Gasteiger partial charge in [-0.1, -0.05) is 81.4 Å². The van der Waals surface area contributed by atoms with E-state index in [1.165, 1.54) is 44.4 Å². The van der Waals surface area contributed by atoms with Crippen LogP contribution in [0.25, 0.3) is 44.4 Å². The Morgan fingerprint density at radius 2 is 1.36 bits per heavy atom. The molecule has 5 heteroatoms. The number of hydrogen-bond acceptors (Lipinski definition) is 4. The molecule has 7 aromatic rings. The van der Waals surface area contributed by atoms with Gasteiger partial charge in [0.25, 0.3) is 0 Å². The molecule has 0 saturated heterocycles. The fourth-order valence-electron chi connectivity index (χ4n) is 7.05. The highest BCUT2D eigenvalue weighted by molar-refractivity contribution is 6.09. The first-order chi connectivity index (χ1) is 22.9. The Morgan fingerprint density at radius 3 is 2.21 bits per heavy atom. The van der Waals surface area contributed by atoms with Gasteiger partial charge in [0.05, 0.1) is 29.1 Å². The van der Waals surface area contributed by atoms with E-state index in [-0.39, 0.29) is 5.41 Å². The van der Waals surface area contributed by atoms with E-state index in [0.717, 1.165) is 40.7 Å². The molecule has 2 aliphatic heterocycles. The van der Waals surface area contributed by atoms with Crippen molar-refractivity contribution in [2.75, 3.05) is 16.5 Å². The summed E-state index contributed by atoms with van der Waals surface area (Å²) >= 11 is 0. The summed E-state index contributed by atoms with van der Waals surface area (Å²) in [7, 11) is 0. The number of nitrogens with zero attached hydrogens (tertiary/aromatic N) is 4. The molecule has 0 bridgehead atoms. The summed E-state index contributed by atoms with van der Waals surface area (Å²) in [4.78, 5) is 9.55. The smallest absolute Gasteiger partial charge is 0.137 e. The number of benzene rings is 5. The van der Waals surface area contributed by atoms with Gasteiger partial charge >= 0.3 is 0 Å². The van der Waals surface area contributed by atoms with Crippen LogP contribution in [0.5, 0.6) is 11.5 Å². The molecule has 0 unspecified atom stereocenters. The molecule has 47 heavy (non-hydrogen) atoms. The summed E-state index contributed by atoms with van der Waals surface area (Å²) in [5.74, 6) is 2.49. The fraction of sp³-hybridized carbons (Fsp3) is 0.119. The average molecular weight is 611 g/mol. The summed E-state index contributed by atoms with van der Waals surface area (Å²) in [6.45, 7) is 7.44. The van der Waals surface area contributed by atoms with E-state index in [0.29, 0.717) is 0 Å². The van der Waals surface area contributed by atoms with Crippen LogP contribution >= 0.6 is 0 Å². The van der Waals surface area contributed by atoms with Crippen molar-refractivity contribution in [3.8, 4) is 28.4 Å². The number of aromatic nitrogens is 2. The Bertz CT molecular complexity index is 2360. The Morgan fingerprint density at radius 1 is 0.638 bits per heavy atom. The van der Waals surface area contributed by atoms with Crippen molar-refractivity contribution in [2.24, 2.45) is 0 Å². The Hall–Kier alpha value is -5.81. The predicted octanol–water partition coefficient (Wildman–Crippen LogP) is 10.5. The Kier molecular flexibility index (Phi) is 6.06. The largest absolute Gasteiger partial charge is 0.457 e. The molecule has 0 N–H and O–H groups in total. The summed E-state index contributed by atoms with van der Waals surface area (Å²) in [5, 5.41) is 2.37. The molecular formula is C42H34N4O. The first-order valence-electron chi connectivity index (χ1n) is 16.2. The lowest BCUT2D eigenvalue weighted by molar-refractivity contribution is 0.483. The van der Waals surface area contributed by atoms with Crippen LogP contribution in [0.2, 0.25) is 0 Å². The molecule has 2 aromatic heterocycles. The van der Waals surface area contributed by atoms with Crippen LogP contribution in [-0.4, -0.2) is 16.2 Å². The SMILES string of the molecule is CC(C)(C)c1ccnc(-n2c3ccccc3c3ccc(Oc4ccc5c(c4)N4CN(c6ccccc6)C=C4c4ccccc4-5)cc32)c1. The molecule has 0 spiro atoms. The minimum Gasteiger partial charge on any atom is -0.457 e. The van der Waals surface area contributed by atoms with E-state index < -0.39 is 0 Å². The van der Waals surface area contributed by atoms with Gasteiger partial charge in [0.15, 0.2) is 0 Å². The van der Waals surface area contributed by atoms with Crippen LogP contribution < -0.4 is 14.5 Å². The van der Waals surface area contributed by atoms with Gasteiger partial charge in [0.2, 0.25) is 0 Å². The third-order valence-electron chi connectivity index (χ3n) is 9.43. The van der Waals surface area contributed by atoms with Crippen LogP contribution in [0.4, 0.5) is 11.4 Å². The highest BCUT2D eigenvalue weighted by Crippen LogP contribution is 2.48. The van der Waals surface area contributed by atoms with Gasteiger partial charge < -0.3 is 14.5 Å². The average Bonchev–Trinajstić information content (AvgIpc) is 3.69. The maximum absolute atomic E-state index is 6.67. The summed E-state index contributed by atoms with van der Waals surface area (Å²) in [5.41, 5.74) is 10.7. The first-order valence-corrected chi connectivity index (χ1v) is 16.2. The second kappa shape index (κ2) is 10.4. The van der Waals surface area contributed by atoms with Crippen molar-refractivity contribution in [3.05, 3.63) is 151 Å². The summed E-state index contributed by atoms with van der Waals surface area (Å²) in [6, 6.07) is 45.0. The van der Waals surface area contributed by atoms with Gasteiger partial charge in [-0.25, -0.2) is 4.98 Å². The van der Waals surface area contributed by atoms with E-state index >= 15 is 0 Å². The lowest BCUT2D eigenvalue weighted by Gasteiger charge is -2.32. The number of para-hydroxylation sites is 2. The van der Waals surface area contributed by atoms with Gasteiger partial charge in [-0.05, 0) is 71.1 Å². The van der Waals surface area contributed by atoms with Crippen molar-refractivity contribution in [3.63, 3.8) is 0 Å². The van der Waals surface area contributed by atoms with E-state index in [1.807, 2.05) is 6.20 Å². The Balaban J connectivity index is 1.13. The molecule has 228 valence electrons. The zero-order chi connectivity index (χ0) is 31.7. The van der Waals surface area contributed by atoms with Crippen LogP contribution in [0.3, 0.4) is 0 Å². The lowest BCUT2D eigenvalue weighted by atomic mass is 9.88. The zero-order valence-corrected chi connectivity index (χ0v) is 26.7. The van der Waals surface area contributed by atoms with Crippen molar-refractivity contribution < 1.29 is 4.74 Å². The lowest BCUT2D eigenvalue weighted by Crippen LogP contribution is -2.28. The topological polar surface area (TPSA) is 33.5 Å². The van der Waals surface area contributed by atoms with E-state index in [2.05, 4.69) is 169 Å². The predicted molar refractivity (Wildman–Crippen MR) is 193 cm³/mol. The molecule has 0 atom stereocenters. The van der Waals surface area contributed by atoms with Crippen LogP contribution in [-0.2, 0) is 5.41 Å². The molecular weight excluding hydrogens is 576 g/mol. The standard InChI is InChI=1S/C42H34N4O/c1-42(2,3)28-21-22-43-41(23-28)46-37-16-10-9-15-34(37)36-20-18-31(25-39(36)46)47-30-17-19-35-32-13-7-8-14-33(32)40-26-44(27-45(40)38(35)24-30)29-11-5-4-6-12-29/h4-26H,27H2,1-3H3. The number of anilines is 2. The van der Waals surface area contributed by atoms with Gasteiger partial charge in [0, 0.05) is 52.1 Å². The number of hydrogen-bond donors (Lipinski definition) is 0. The normalized spacial score (nSPS) is 13.8. The van der Waals surface area contributed by atoms with E-state index in [4.69, 9.17) is 9.72 Å². The fourth-order valence-corrected chi connectivity index (χ4v) is 7.05. The number of rotatable bonds is 4. The van der Waals surface area contributed by atoms with Gasteiger partial charge in [-0.3, -0.25) is 4.57 Å². The minimum atomic E-state index is 0.0141. The van der Waals surface area contributed by atoms with Gasteiger partial charge in [0.1, 0.15) is 17.3 Å². The zero-order valence-electron chi connectivity index (χ0n) is 26.7. The highest BCUT2D eigenvalue weighted by Gasteiger charge is 2.32. The van der Waals surface area contributed by atoms with Crippen LogP contribution in [0.1, 0.15) is 31.9 Å². The molecule has 0 amide bonds. The first kappa shape index (κ1) is 27.5. The molecule has 0 saturated carbocycles. The van der Waals surface area contributed by atoms with Gasteiger partial charge in [-0.2, -0.15) is 0 Å². The van der Waals surface area contributed by atoms with Crippen molar-refractivity contribution in [2.45, 2.75) is 26.2 Å². The maximum Gasteiger partial charge on any atom is 0.137 e. The molecule has 2 aliphatic rings. The molecule has 4 heterocycles. The third kappa shape index (κ3) is 4.50. The van der Waals surface area contributed by atoms with Crippen molar-refractivity contribution in [1.29, 1.82) is 0 Å². The Labute approximate surface area is 274 Å². The molecule has 0 radical (unpaired) electrons. The number of pyridine rings is 1. The molecule has 9 rings (SSSR count). The molecule has 0 aliphatic carbocycles. The van der Waals surface area contributed by atoms with E-state index in [9.17, 15) is 0 Å². The molecule has 5 nitrogen and oxygen atoms in total. The third-order valence-corrected chi connectivity index (χ3v) is 9.43. The number of ether oxygens (including phenoxy) is 1. The number of fused-ring (bicyclic) bond motifs is 9. The highest BCUT2D eigenvalue weighted by atomic mass is 16.5. The minimum absolute atomic E-state index is 0.0141. The van der Waals surface area contributed by atoms with Crippen molar-refractivity contribution >= 4 is 38.9 Å². The van der Waals surface area contributed by atoms with Crippen molar-refractivity contribution in [1.82, 2.24) is 9.55 Å². The van der Waals surface area contributed by atoms with Crippen LogP contribution in [0, 0.1) is 0 Å². The second-order valence-corrected chi connectivity index (χ2v) is 13.4. The monoisotopic (exact) mass is 610 g/mol. The maximum atomic E-state index is 6.67.